The summed E-state index contributed by atoms with van der Waals surface area (Å²) < 4.78 is 4.66. The quantitative estimate of drug-likeness (QED) is 0.670. The summed E-state index contributed by atoms with van der Waals surface area (Å²) in [6.45, 7) is 0. The van der Waals surface area contributed by atoms with Gasteiger partial charge in [-0.3, -0.25) is 0 Å². The van der Waals surface area contributed by atoms with E-state index in [9.17, 15) is 4.79 Å². The van der Waals surface area contributed by atoms with Gasteiger partial charge < -0.3 is 15.5 Å². The maximum atomic E-state index is 11.4. The third kappa shape index (κ3) is 1.21. The van der Waals surface area contributed by atoms with Gasteiger partial charge in [-0.15, -0.1) is 0 Å². The molecule has 0 bridgehead atoms. The van der Waals surface area contributed by atoms with E-state index < -0.39 is 0 Å². The zero-order valence-corrected chi connectivity index (χ0v) is 7.70. The van der Waals surface area contributed by atoms with E-state index in [4.69, 9.17) is 5.73 Å². The van der Waals surface area contributed by atoms with Crippen LogP contribution in [0.2, 0.25) is 0 Å². The summed E-state index contributed by atoms with van der Waals surface area (Å²) >= 11 is 0. The number of aromatic nitrogens is 1. The SMILES string of the molecule is COC(=O)c1cccc2[nH]c(N)cc12. The predicted molar refractivity (Wildman–Crippen MR) is 54.1 cm³/mol. The van der Waals surface area contributed by atoms with Gasteiger partial charge in [0.05, 0.1) is 12.7 Å². The van der Waals surface area contributed by atoms with Crippen molar-refractivity contribution in [3.63, 3.8) is 0 Å². The summed E-state index contributed by atoms with van der Waals surface area (Å²) in [7, 11) is 1.36. The lowest BCUT2D eigenvalue weighted by Crippen LogP contribution is -2.00. The van der Waals surface area contributed by atoms with Gasteiger partial charge in [0, 0.05) is 10.9 Å². The van der Waals surface area contributed by atoms with Crippen molar-refractivity contribution in [1.82, 2.24) is 4.98 Å². The van der Waals surface area contributed by atoms with Crippen LogP contribution in [0.1, 0.15) is 10.4 Å². The van der Waals surface area contributed by atoms with Gasteiger partial charge in [-0.25, -0.2) is 4.79 Å². The lowest BCUT2D eigenvalue weighted by atomic mass is 10.1. The molecule has 72 valence electrons. The molecule has 3 N–H and O–H groups in total. The zero-order valence-electron chi connectivity index (χ0n) is 7.70. The molecule has 0 amide bonds. The molecule has 0 saturated heterocycles. The van der Waals surface area contributed by atoms with E-state index in [2.05, 4.69) is 9.72 Å². The smallest absolute Gasteiger partial charge is 0.338 e. The fourth-order valence-corrected chi connectivity index (χ4v) is 1.46. The molecular formula is C10H10N2O2. The molecule has 0 radical (unpaired) electrons. The fraction of sp³-hybridized carbons (Fsp3) is 0.100. The van der Waals surface area contributed by atoms with Crippen LogP contribution in [0.25, 0.3) is 10.9 Å². The normalized spacial score (nSPS) is 10.4. The van der Waals surface area contributed by atoms with E-state index in [0.717, 1.165) is 10.9 Å². The minimum absolute atomic E-state index is 0.352. The van der Waals surface area contributed by atoms with Crippen molar-refractivity contribution < 1.29 is 9.53 Å². The van der Waals surface area contributed by atoms with Gasteiger partial charge in [-0.1, -0.05) is 6.07 Å². The molecule has 0 aliphatic rings. The molecular weight excluding hydrogens is 180 g/mol. The highest BCUT2D eigenvalue weighted by Crippen LogP contribution is 2.21. The molecule has 14 heavy (non-hydrogen) atoms. The summed E-state index contributed by atoms with van der Waals surface area (Å²) in [6.07, 6.45) is 0. The number of fused-ring (bicyclic) bond motifs is 1. The van der Waals surface area contributed by atoms with Crippen LogP contribution < -0.4 is 5.73 Å². The minimum Gasteiger partial charge on any atom is -0.465 e. The van der Waals surface area contributed by atoms with Crippen LogP contribution in [0, 0.1) is 0 Å². The number of rotatable bonds is 1. The molecule has 0 saturated carbocycles. The van der Waals surface area contributed by atoms with Crippen LogP contribution in [0.15, 0.2) is 24.3 Å². The van der Waals surface area contributed by atoms with Gasteiger partial charge in [-0.05, 0) is 18.2 Å². The van der Waals surface area contributed by atoms with Crippen LogP contribution in [-0.4, -0.2) is 18.1 Å². The first-order valence-electron chi connectivity index (χ1n) is 4.18. The van der Waals surface area contributed by atoms with E-state index in [-0.39, 0.29) is 5.97 Å². The molecule has 0 atom stereocenters. The summed E-state index contributed by atoms with van der Waals surface area (Å²) in [5.41, 5.74) is 6.96. The molecule has 2 rings (SSSR count). The lowest BCUT2D eigenvalue weighted by Gasteiger charge is -1.99. The van der Waals surface area contributed by atoms with E-state index in [1.54, 1.807) is 18.2 Å². The number of esters is 1. The number of benzene rings is 1. The van der Waals surface area contributed by atoms with Gasteiger partial charge in [0.2, 0.25) is 0 Å². The number of anilines is 1. The second-order valence-corrected chi connectivity index (χ2v) is 2.98. The number of ether oxygens (including phenoxy) is 1. The maximum Gasteiger partial charge on any atom is 0.338 e. The van der Waals surface area contributed by atoms with Crippen LogP contribution in [0.3, 0.4) is 0 Å². The van der Waals surface area contributed by atoms with Gasteiger partial charge >= 0.3 is 5.97 Å². The Balaban J connectivity index is 2.70. The maximum absolute atomic E-state index is 11.4. The first kappa shape index (κ1) is 8.62. The monoisotopic (exact) mass is 190 g/mol. The number of nitrogens with one attached hydrogen (secondary N) is 1. The number of aromatic amines is 1. The number of nitrogens with two attached hydrogens (primary N) is 1. The molecule has 1 aromatic carbocycles. The standard InChI is InChI=1S/C10H10N2O2/c1-14-10(13)6-3-2-4-8-7(6)5-9(11)12-8/h2-5,12H,11H2,1H3. The van der Waals surface area contributed by atoms with Crippen molar-refractivity contribution in [2.75, 3.05) is 12.8 Å². The Morgan fingerprint density at radius 3 is 3.00 bits per heavy atom. The van der Waals surface area contributed by atoms with E-state index in [1.807, 2.05) is 6.07 Å². The molecule has 0 aliphatic carbocycles. The topological polar surface area (TPSA) is 68.1 Å². The van der Waals surface area contributed by atoms with Crippen molar-refractivity contribution in [2.45, 2.75) is 0 Å². The second kappa shape index (κ2) is 3.06. The van der Waals surface area contributed by atoms with Gasteiger partial charge in [0.25, 0.3) is 0 Å². The van der Waals surface area contributed by atoms with Gasteiger partial charge in [-0.2, -0.15) is 0 Å². The summed E-state index contributed by atoms with van der Waals surface area (Å²) in [4.78, 5) is 14.3. The third-order valence-corrected chi connectivity index (χ3v) is 2.09. The van der Waals surface area contributed by atoms with Crippen molar-refractivity contribution in [3.8, 4) is 0 Å². The number of hydrogen-bond acceptors (Lipinski definition) is 3. The van der Waals surface area contributed by atoms with Crippen molar-refractivity contribution in [1.29, 1.82) is 0 Å². The van der Waals surface area contributed by atoms with E-state index >= 15 is 0 Å². The Morgan fingerprint density at radius 2 is 2.29 bits per heavy atom. The number of carbonyl (C=O) groups excluding carboxylic acids is 1. The molecule has 4 heteroatoms. The molecule has 4 nitrogen and oxygen atoms in total. The molecule has 2 aromatic rings. The Labute approximate surface area is 80.7 Å². The van der Waals surface area contributed by atoms with E-state index in [0.29, 0.717) is 11.4 Å². The number of hydrogen-bond donors (Lipinski definition) is 2. The van der Waals surface area contributed by atoms with Gasteiger partial charge in [0.1, 0.15) is 5.82 Å². The highest BCUT2D eigenvalue weighted by molar-refractivity contribution is 6.04. The Hall–Kier alpha value is -1.97. The molecule has 0 fully saturated rings. The van der Waals surface area contributed by atoms with Crippen LogP contribution in [0.4, 0.5) is 5.82 Å². The molecule has 1 heterocycles. The number of methoxy groups -OCH3 is 1. The fourth-order valence-electron chi connectivity index (χ4n) is 1.46. The summed E-state index contributed by atoms with van der Waals surface area (Å²) in [5.74, 6) is 0.186. The molecule has 0 aliphatic heterocycles. The van der Waals surface area contributed by atoms with Crippen LogP contribution >= 0.6 is 0 Å². The first-order valence-corrected chi connectivity index (χ1v) is 4.18. The zero-order chi connectivity index (χ0) is 10.1. The Bertz CT molecular complexity index is 488. The first-order chi connectivity index (χ1) is 6.72. The molecule has 0 spiro atoms. The predicted octanol–water partition coefficient (Wildman–Crippen LogP) is 1.54. The highest BCUT2D eigenvalue weighted by Gasteiger charge is 2.10. The molecule has 1 aromatic heterocycles. The third-order valence-electron chi connectivity index (χ3n) is 2.09. The van der Waals surface area contributed by atoms with Gasteiger partial charge in [0.15, 0.2) is 0 Å². The Morgan fingerprint density at radius 1 is 1.50 bits per heavy atom. The minimum atomic E-state index is -0.352. The summed E-state index contributed by atoms with van der Waals surface area (Å²) in [6, 6.07) is 7.08. The number of H-pyrrole nitrogens is 1. The van der Waals surface area contributed by atoms with Crippen LogP contribution in [-0.2, 0) is 4.74 Å². The second-order valence-electron chi connectivity index (χ2n) is 2.98. The van der Waals surface area contributed by atoms with Crippen molar-refractivity contribution >= 4 is 22.7 Å². The lowest BCUT2D eigenvalue weighted by molar-refractivity contribution is 0.0603. The average molecular weight is 190 g/mol. The van der Waals surface area contributed by atoms with E-state index in [1.165, 1.54) is 7.11 Å². The summed E-state index contributed by atoms with van der Waals surface area (Å²) in [5, 5.41) is 0.789. The van der Waals surface area contributed by atoms with Crippen molar-refractivity contribution in [2.24, 2.45) is 0 Å². The van der Waals surface area contributed by atoms with Crippen molar-refractivity contribution in [3.05, 3.63) is 29.8 Å². The average Bonchev–Trinajstić information content (AvgIpc) is 2.56. The largest absolute Gasteiger partial charge is 0.465 e. The van der Waals surface area contributed by atoms with Crippen LogP contribution in [0.5, 0.6) is 0 Å². The number of carbonyl (C=O) groups is 1. The molecule has 0 unspecified atom stereocenters. The number of nitrogen functional groups attached to an aromatic ring is 1. The highest BCUT2D eigenvalue weighted by atomic mass is 16.5. The Kier molecular flexibility index (Phi) is 1.89.